The van der Waals surface area contributed by atoms with Crippen molar-refractivity contribution in [3.05, 3.63) is 146 Å². The van der Waals surface area contributed by atoms with Gasteiger partial charge in [0.05, 0.1) is 54.0 Å². The Bertz CT molecular complexity index is 5430. The number of anilines is 1. The fourth-order valence-electron chi connectivity index (χ4n) is 16.9. The van der Waals surface area contributed by atoms with Crippen molar-refractivity contribution in [2.75, 3.05) is 51.8 Å². The van der Waals surface area contributed by atoms with Crippen LogP contribution in [-0.2, 0) is 84.8 Å². The lowest BCUT2D eigenvalue weighted by Gasteiger charge is -2.48. The normalized spacial score (nSPS) is 24.6. The van der Waals surface area contributed by atoms with E-state index >= 15 is 28.8 Å². The molecule has 6 aromatic carbocycles. The summed E-state index contributed by atoms with van der Waals surface area (Å²) in [7, 11) is 1.20. The third kappa shape index (κ3) is 27.3. The van der Waals surface area contributed by atoms with Crippen molar-refractivity contribution in [3.8, 4) is 57.1 Å². The number of hydrogen-bond acceptors (Lipinski definition) is 33. The lowest BCUT2D eigenvalue weighted by Crippen LogP contribution is -2.65. The van der Waals surface area contributed by atoms with Gasteiger partial charge in [0.2, 0.25) is 53.4 Å². The number of aldehydes is 2. The highest BCUT2D eigenvalue weighted by Gasteiger charge is 2.53. The van der Waals surface area contributed by atoms with Gasteiger partial charge in [-0.05, 0) is 147 Å². The second-order valence-electron chi connectivity index (χ2n) is 35.5. The summed E-state index contributed by atoms with van der Waals surface area (Å²) in [6.45, 7) is 7.97. The van der Waals surface area contributed by atoms with Gasteiger partial charge in [-0.2, -0.15) is 0 Å². The fourth-order valence-corrected chi connectivity index (χ4v) is 17.3. The van der Waals surface area contributed by atoms with E-state index in [4.69, 9.17) is 66.8 Å². The molecule has 43 nitrogen and oxygen atoms in total. The van der Waals surface area contributed by atoms with Gasteiger partial charge in [-0.15, -0.1) is 0 Å². The first-order valence-electron chi connectivity index (χ1n) is 45.9. The number of carboxylic acids is 1. The summed E-state index contributed by atoms with van der Waals surface area (Å²) >= 11 is 14.5. The van der Waals surface area contributed by atoms with Gasteiger partial charge in [0.1, 0.15) is 121 Å². The zero-order valence-corrected chi connectivity index (χ0v) is 79.1. The number of phenolic OH excluding ortho intramolecular Hbond substituents is 3. The number of amides is 9. The topological polar surface area (TPSA) is 651 Å². The van der Waals surface area contributed by atoms with E-state index in [1.54, 1.807) is 27.7 Å². The largest absolute Gasteiger partial charge is 0.507 e. The van der Waals surface area contributed by atoms with E-state index in [1.165, 1.54) is 50.6 Å². The Labute approximate surface area is 814 Å². The number of carboxylic acid groups (broad SMARTS) is 1. The van der Waals surface area contributed by atoms with Crippen LogP contribution < -0.4 is 73.1 Å². The summed E-state index contributed by atoms with van der Waals surface area (Å²) in [4.78, 5) is 171. The molecule has 2 fully saturated rings. The molecule has 760 valence electrons. The molecule has 11 bridgehead atoms. The zero-order chi connectivity index (χ0) is 102. The molecule has 0 saturated carbocycles. The third-order valence-electron chi connectivity index (χ3n) is 24.6. The minimum atomic E-state index is -2.48. The molecular formula is C95H120Cl2N12O31. The highest BCUT2D eigenvalue weighted by Crippen LogP contribution is 2.51. The molecule has 0 radical (unpaired) electrons. The highest BCUT2D eigenvalue weighted by atomic mass is 35.5. The Morgan fingerprint density at radius 1 is 0.686 bits per heavy atom. The number of aliphatic hydroxyl groups is 7. The van der Waals surface area contributed by atoms with E-state index in [2.05, 4.69) is 60.1 Å². The Morgan fingerprint density at radius 2 is 1.32 bits per heavy atom. The number of rotatable bonds is 38. The van der Waals surface area contributed by atoms with E-state index in [1.807, 2.05) is 0 Å². The second kappa shape index (κ2) is 49.8. The average molecular weight is 2000 g/mol. The van der Waals surface area contributed by atoms with Gasteiger partial charge in [-0.3, -0.25) is 43.8 Å². The number of aromatic hydroxyl groups is 3. The monoisotopic (exact) mass is 1990 g/mol. The van der Waals surface area contributed by atoms with Crippen molar-refractivity contribution >= 4 is 101 Å². The van der Waals surface area contributed by atoms with E-state index in [0.717, 1.165) is 116 Å². The minimum absolute atomic E-state index is 0.0641. The van der Waals surface area contributed by atoms with Crippen LogP contribution in [0.2, 0.25) is 10.0 Å². The first-order chi connectivity index (χ1) is 66.7. The number of hydrogen-bond donors (Lipinski definition) is 22. The van der Waals surface area contributed by atoms with Gasteiger partial charge in [0.15, 0.2) is 29.9 Å². The molecule has 0 aromatic heterocycles. The van der Waals surface area contributed by atoms with Crippen LogP contribution in [0.1, 0.15) is 187 Å². The van der Waals surface area contributed by atoms with E-state index in [-0.39, 0.29) is 55.6 Å². The smallest absolute Gasteiger partial charge is 0.411 e. The zero-order valence-electron chi connectivity index (χ0n) is 77.6. The van der Waals surface area contributed by atoms with Crippen molar-refractivity contribution in [3.63, 3.8) is 0 Å². The molecule has 6 aromatic rings. The number of nitrogens with two attached hydrogens (primary N) is 1. The van der Waals surface area contributed by atoms with Gasteiger partial charge in [-0.1, -0.05) is 119 Å². The van der Waals surface area contributed by atoms with Crippen molar-refractivity contribution in [1.29, 1.82) is 0 Å². The number of nitrogens with zero attached hydrogens (tertiary/aromatic N) is 1. The number of fused-ring (bicyclic) bond motifs is 15. The van der Waals surface area contributed by atoms with E-state index < -0.39 is 296 Å². The number of halogens is 2. The van der Waals surface area contributed by atoms with Crippen LogP contribution in [0.15, 0.2) is 97.1 Å². The van der Waals surface area contributed by atoms with Gasteiger partial charge in [0, 0.05) is 61.0 Å². The van der Waals surface area contributed by atoms with Crippen LogP contribution in [0.4, 0.5) is 15.3 Å². The van der Waals surface area contributed by atoms with Gasteiger partial charge in [0.25, 0.3) is 0 Å². The molecule has 7 heterocycles. The van der Waals surface area contributed by atoms with Gasteiger partial charge < -0.3 is 157 Å². The molecule has 19 atom stereocenters. The van der Waals surface area contributed by atoms with Crippen LogP contribution in [0.5, 0.6) is 46.0 Å². The maximum Gasteiger partial charge on any atom is 0.411 e. The molecule has 0 aliphatic carbocycles. The summed E-state index contributed by atoms with van der Waals surface area (Å²) in [6, 6.07) is 2.51. The molecule has 15 unspecified atom stereocenters. The van der Waals surface area contributed by atoms with Crippen molar-refractivity contribution < 1.29 is 152 Å². The number of primary amides is 1. The maximum absolute atomic E-state index is 16.5. The summed E-state index contributed by atoms with van der Waals surface area (Å²) in [5.41, 5.74) is 1.44. The van der Waals surface area contributed by atoms with Crippen LogP contribution in [0.3, 0.4) is 0 Å². The number of nitrogens with one attached hydrogen (secondary N) is 10. The fraction of sp³-hybridized carbons (Fsp3) is 0.495. The molecule has 23 N–H and O–H groups in total. The molecule has 7 aliphatic heterocycles. The number of aliphatic hydroxyl groups excluding tert-OH is 7. The van der Waals surface area contributed by atoms with Crippen LogP contribution in [-0.4, -0.2) is 265 Å². The Kier molecular flexibility index (Phi) is 38.5. The molecule has 9 amide bonds. The summed E-state index contributed by atoms with van der Waals surface area (Å²) in [5.74, 6) is -17.9. The number of benzene rings is 6. The first kappa shape index (κ1) is 108. The van der Waals surface area contributed by atoms with Crippen molar-refractivity contribution in [2.45, 2.75) is 247 Å². The lowest BCUT2D eigenvalue weighted by atomic mass is 9.85. The number of likely N-dealkylation sites (N-methyl/N-ethyl adjacent to an activating group) is 1. The molecule has 45 heteroatoms. The highest BCUT2D eigenvalue weighted by molar-refractivity contribution is 6.32. The lowest BCUT2D eigenvalue weighted by molar-refractivity contribution is -0.334. The standard InChI is InChI=1S/C95H120Cl2N12O31/c1-7-8-9-10-11-12-13-14-27-99-28-29-101-95(5)41-70(135-47(4)84(95)122)139-83-81(121)80(120)68(44-112)138-92(83)140-82-66-37-52-38-67(82)137-65-26-21-51(36-59(65)97)78(118)76-90(128)106-74(91(129)130)56-39-63(115)57(42-100-30-31-110)79(119)71(56)55-34-49(19-24-62(55)114)72(87(125)108-76)105-88(126)73(52)104-85(123)60(40-69(98)116)103-89(127)75(77(117)50-20-25-64(136-66)58(96)35-50)107-86(124)61(33-46(2)3)109(6)94(132)134-45-48-17-22-53(23-18-48)102-93(131)133-32-15-16-54(113)43-111/h17-26,31,34-39,43,46-47,54,60-61,68,70,72-78,80-81,83-84,92,99-101,112-115,117-122H,7-16,27-30,32-33,40-42,44-45H2,1-6H3,(H2,98,116)(H,102,131)(H,103,127)(H,104,123)(H,105,126)(H,106,128)(H,107,124)(H,108,125)(H,129,130)/t47?,54?,60?,61?,68?,70?,72?,73?,74-,75?,76?,77+,78-,80?,81?,83?,84?,92?,95-/m1/s1. The Balaban J connectivity index is 1.04. The first-order valence-corrected chi connectivity index (χ1v) is 46.7. The predicted octanol–water partition coefficient (Wildman–Crippen LogP) is 4.69. The Hall–Kier alpha value is -12.2. The quantitative estimate of drug-likeness (QED) is 0.0185. The number of carbonyl (C=O) groups is 12. The van der Waals surface area contributed by atoms with E-state index in [9.17, 15) is 84.9 Å². The molecule has 2 saturated heterocycles. The van der Waals surface area contributed by atoms with Gasteiger partial charge in [-0.25, -0.2) is 14.4 Å². The van der Waals surface area contributed by atoms with Gasteiger partial charge >= 0.3 is 18.2 Å². The molecule has 7 aliphatic rings. The molecule has 13 rings (SSSR count). The van der Waals surface area contributed by atoms with Crippen molar-refractivity contribution in [2.24, 2.45) is 11.7 Å². The predicted molar refractivity (Wildman–Crippen MR) is 498 cm³/mol. The molecule has 140 heavy (non-hydrogen) atoms. The van der Waals surface area contributed by atoms with Crippen LogP contribution in [0, 0.1) is 5.92 Å². The third-order valence-corrected chi connectivity index (χ3v) is 25.1. The van der Waals surface area contributed by atoms with Crippen LogP contribution >= 0.6 is 23.2 Å². The van der Waals surface area contributed by atoms with E-state index in [0.29, 0.717) is 31.2 Å². The number of unbranched alkanes of at least 4 members (excludes halogenated alkanes) is 7. The number of carbonyl (C=O) groups excluding carboxylic acids is 11. The minimum Gasteiger partial charge on any atom is -0.507 e. The summed E-state index contributed by atoms with van der Waals surface area (Å²) in [6.07, 6.45) is -12.7. The Morgan fingerprint density at radius 3 is 1.95 bits per heavy atom. The molecule has 0 spiro atoms. The SMILES string of the molecule is CCCCCCCCCCNCCN[C@]1(C)CC(OC2C(Oc3c4cc5cc3Oc3ccc(cc3Cl)[C@H](O)C(NC(=O)C(CC(C)C)N(C)C(=O)OCc3ccc(NC(=O)OCCCC(O)C=O)cc3)C(=O)NC(CC(N)=O)C(=O)NC5C(=O)NC3C(=O)NC(C(=O)N[C@@H](C(=O)O)c5cc(O)c(CNCC=O)c(O)c5-c5cc3ccc5O)[C@H](O)c3ccc(c(Cl)c3)O4)OC(CO)C(O)C2O)OC(C)C1O. The maximum atomic E-state index is 16.5. The second-order valence-corrected chi connectivity index (χ2v) is 36.3. The van der Waals surface area contributed by atoms with Crippen LogP contribution in [0.25, 0.3) is 11.1 Å². The number of ether oxygens (including phenoxy) is 8. The molecular weight excluding hydrogens is 1880 g/mol. The summed E-state index contributed by atoms with van der Waals surface area (Å²) in [5, 5.41) is 154. The summed E-state index contributed by atoms with van der Waals surface area (Å²) < 4.78 is 50.4. The number of aliphatic carboxylic acids is 1. The van der Waals surface area contributed by atoms with Crippen molar-refractivity contribution in [1.82, 2.24) is 52.8 Å². The average Bonchev–Trinajstić information content (AvgIpc) is 0.771. The number of phenols is 3.